The van der Waals surface area contributed by atoms with Crippen LogP contribution < -0.4 is 0 Å². The highest BCUT2D eigenvalue weighted by atomic mass is 16.5. The summed E-state index contributed by atoms with van der Waals surface area (Å²) in [4.78, 5) is 34.9. The number of carbonyl (C=O) groups excluding carboxylic acids is 3. The third-order valence-electron chi connectivity index (χ3n) is 2.97. The lowest BCUT2D eigenvalue weighted by Crippen LogP contribution is -2.14. The number of carbonyl (C=O) groups is 3. The molecule has 0 aromatic heterocycles. The minimum atomic E-state index is -0.624. The van der Waals surface area contributed by atoms with Gasteiger partial charge in [-0.15, -0.1) is 0 Å². The third-order valence-corrected chi connectivity index (χ3v) is 2.97. The van der Waals surface area contributed by atoms with Gasteiger partial charge in [-0.2, -0.15) is 0 Å². The number of hydrogen-bond acceptors (Lipinski definition) is 5. The van der Waals surface area contributed by atoms with Crippen molar-refractivity contribution in [2.75, 3.05) is 13.7 Å². The zero-order chi connectivity index (χ0) is 15.9. The van der Waals surface area contributed by atoms with Crippen LogP contribution in [-0.4, -0.2) is 31.4 Å². The number of methoxy groups -OCH3 is 1. The number of hydrogen-bond donors (Lipinski definition) is 0. The van der Waals surface area contributed by atoms with E-state index in [1.807, 2.05) is 0 Å². The van der Waals surface area contributed by atoms with E-state index in [4.69, 9.17) is 4.74 Å². The second kappa shape index (κ2) is 7.17. The molecule has 0 unspecified atom stereocenters. The van der Waals surface area contributed by atoms with E-state index >= 15 is 0 Å². The van der Waals surface area contributed by atoms with Crippen molar-refractivity contribution < 1.29 is 23.9 Å². The Bertz CT molecular complexity index is 674. The number of ether oxygens (including phenoxy) is 2. The summed E-state index contributed by atoms with van der Waals surface area (Å²) in [5.41, 5.74) is 1.07. The van der Waals surface area contributed by atoms with Crippen molar-refractivity contribution in [3.05, 3.63) is 71.3 Å². The van der Waals surface area contributed by atoms with E-state index in [2.05, 4.69) is 4.74 Å². The van der Waals surface area contributed by atoms with Crippen LogP contribution in [0.1, 0.15) is 31.1 Å². The highest BCUT2D eigenvalue weighted by molar-refractivity contribution is 5.99. The zero-order valence-electron chi connectivity index (χ0n) is 11.9. The number of rotatable bonds is 5. The molecule has 0 aliphatic carbocycles. The van der Waals surface area contributed by atoms with Gasteiger partial charge in [0, 0.05) is 5.56 Å². The topological polar surface area (TPSA) is 69.7 Å². The summed E-state index contributed by atoms with van der Waals surface area (Å²) >= 11 is 0. The molecule has 5 heteroatoms. The van der Waals surface area contributed by atoms with E-state index in [0.29, 0.717) is 11.1 Å². The monoisotopic (exact) mass is 298 g/mol. The van der Waals surface area contributed by atoms with Gasteiger partial charge in [-0.25, -0.2) is 9.59 Å². The summed E-state index contributed by atoms with van der Waals surface area (Å²) in [7, 11) is 1.28. The highest BCUT2D eigenvalue weighted by Gasteiger charge is 2.12. The Hall–Kier alpha value is -2.95. The Kier molecular flexibility index (Phi) is 5.03. The summed E-state index contributed by atoms with van der Waals surface area (Å²) in [6.07, 6.45) is 0. The van der Waals surface area contributed by atoms with Crippen LogP contribution in [0.5, 0.6) is 0 Å². The second-order valence-electron chi connectivity index (χ2n) is 4.43. The van der Waals surface area contributed by atoms with Crippen molar-refractivity contribution in [2.24, 2.45) is 0 Å². The van der Waals surface area contributed by atoms with E-state index in [1.165, 1.54) is 31.4 Å². The van der Waals surface area contributed by atoms with Gasteiger partial charge >= 0.3 is 11.9 Å². The van der Waals surface area contributed by atoms with E-state index in [1.54, 1.807) is 30.3 Å². The van der Waals surface area contributed by atoms with Gasteiger partial charge in [-0.05, 0) is 24.3 Å². The Labute approximate surface area is 127 Å². The Morgan fingerprint density at radius 3 is 1.86 bits per heavy atom. The highest BCUT2D eigenvalue weighted by Crippen LogP contribution is 2.08. The normalized spacial score (nSPS) is 9.86. The molecule has 0 saturated heterocycles. The summed E-state index contributed by atoms with van der Waals surface area (Å²) in [6, 6.07) is 14.4. The summed E-state index contributed by atoms with van der Waals surface area (Å²) in [5, 5.41) is 0. The van der Waals surface area contributed by atoms with E-state index in [0.717, 1.165) is 0 Å². The lowest BCUT2D eigenvalue weighted by atomic mass is 10.1. The molecule has 0 N–H and O–H groups in total. The fourth-order valence-corrected chi connectivity index (χ4v) is 1.78. The first-order chi connectivity index (χ1) is 10.6. The van der Waals surface area contributed by atoms with Crippen LogP contribution in [0.2, 0.25) is 0 Å². The van der Waals surface area contributed by atoms with Gasteiger partial charge in [-0.3, -0.25) is 4.79 Å². The van der Waals surface area contributed by atoms with E-state index in [9.17, 15) is 14.4 Å². The van der Waals surface area contributed by atoms with Gasteiger partial charge in [0.05, 0.1) is 18.2 Å². The van der Waals surface area contributed by atoms with E-state index in [-0.39, 0.29) is 18.0 Å². The molecule has 2 aromatic rings. The average molecular weight is 298 g/mol. The lowest BCUT2D eigenvalue weighted by Gasteiger charge is -2.05. The van der Waals surface area contributed by atoms with E-state index < -0.39 is 11.9 Å². The van der Waals surface area contributed by atoms with Crippen LogP contribution in [-0.2, 0) is 9.47 Å². The van der Waals surface area contributed by atoms with Crippen LogP contribution >= 0.6 is 0 Å². The molecule has 0 saturated carbocycles. The van der Waals surface area contributed by atoms with Crippen molar-refractivity contribution in [3.63, 3.8) is 0 Å². The average Bonchev–Trinajstić information content (AvgIpc) is 2.59. The van der Waals surface area contributed by atoms with Crippen LogP contribution in [0.4, 0.5) is 0 Å². The summed E-state index contributed by atoms with van der Waals surface area (Å²) < 4.78 is 9.53. The zero-order valence-corrected chi connectivity index (χ0v) is 11.9. The van der Waals surface area contributed by atoms with Gasteiger partial charge in [0.15, 0.2) is 12.4 Å². The first-order valence-electron chi connectivity index (χ1n) is 6.55. The van der Waals surface area contributed by atoms with Crippen molar-refractivity contribution >= 4 is 17.7 Å². The number of Topliss-reactive ketones (excluding diaryl/α,β-unsaturated/α-hetero) is 1. The molecule has 0 aliphatic rings. The number of esters is 2. The number of benzene rings is 2. The molecule has 0 atom stereocenters. The van der Waals surface area contributed by atoms with Crippen LogP contribution in [0.15, 0.2) is 54.6 Å². The third kappa shape index (κ3) is 3.79. The predicted molar refractivity (Wildman–Crippen MR) is 78.8 cm³/mol. The fraction of sp³-hybridized carbons (Fsp3) is 0.118. The molecule has 2 aromatic carbocycles. The maximum atomic E-state index is 11.8. The first-order valence-corrected chi connectivity index (χ1v) is 6.55. The molecular formula is C17H14O5. The Balaban J connectivity index is 1.95. The molecule has 0 fully saturated rings. The smallest absolute Gasteiger partial charge is 0.338 e. The SMILES string of the molecule is COC(=O)c1ccc(C(=O)OCC(=O)c2ccccc2)cc1. The van der Waals surface area contributed by atoms with Crippen LogP contribution in [0.3, 0.4) is 0 Å². The maximum Gasteiger partial charge on any atom is 0.338 e. The molecule has 2 rings (SSSR count). The Morgan fingerprint density at radius 2 is 1.32 bits per heavy atom. The van der Waals surface area contributed by atoms with Crippen molar-refractivity contribution in [2.45, 2.75) is 0 Å². The predicted octanol–water partition coefficient (Wildman–Crippen LogP) is 2.51. The molecule has 0 aliphatic heterocycles. The van der Waals surface area contributed by atoms with Gasteiger partial charge in [0.25, 0.3) is 0 Å². The molecule has 0 radical (unpaired) electrons. The lowest BCUT2D eigenvalue weighted by molar-refractivity contribution is 0.0474. The van der Waals surface area contributed by atoms with Gasteiger partial charge < -0.3 is 9.47 Å². The molecule has 0 bridgehead atoms. The molecular weight excluding hydrogens is 284 g/mol. The minimum absolute atomic E-state index is 0.258. The van der Waals surface area contributed by atoms with Crippen molar-refractivity contribution in [3.8, 4) is 0 Å². The molecule has 22 heavy (non-hydrogen) atoms. The summed E-state index contributed by atoms with van der Waals surface area (Å²) in [5.74, 6) is -1.39. The molecule has 0 spiro atoms. The fourth-order valence-electron chi connectivity index (χ4n) is 1.78. The largest absolute Gasteiger partial charge is 0.465 e. The first kappa shape index (κ1) is 15.4. The van der Waals surface area contributed by atoms with Crippen molar-refractivity contribution in [1.82, 2.24) is 0 Å². The minimum Gasteiger partial charge on any atom is -0.465 e. The summed E-state index contributed by atoms with van der Waals surface area (Å²) in [6.45, 7) is -0.332. The Morgan fingerprint density at radius 1 is 0.773 bits per heavy atom. The van der Waals surface area contributed by atoms with Gasteiger partial charge in [0.2, 0.25) is 0 Å². The standard InChI is InChI=1S/C17H14O5/c1-21-16(19)13-7-9-14(10-8-13)17(20)22-11-15(18)12-5-3-2-4-6-12/h2-10H,11H2,1H3. The quantitative estimate of drug-likeness (QED) is 0.626. The van der Waals surface area contributed by atoms with Gasteiger partial charge in [-0.1, -0.05) is 30.3 Å². The molecule has 5 nitrogen and oxygen atoms in total. The van der Waals surface area contributed by atoms with Crippen LogP contribution in [0.25, 0.3) is 0 Å². The number of ketones is 1. The molecule has 112 valence electrons. The molecule has 0 heterocycles. The van der Waals surface area contributed by atoms with Gasteiger partial charge in [0.1, 0.15) is 0 Å². The molecule has 0 amide bonds. The second-order valence-corrected chi connectivity index (χ2v) is 4.43. The van der Waals surface area contributed by atoms with Crippen LogP contribution in [0, 0.1) is 0 Å². The maximum absolute atomic E-state index is 11.8. The van der Waals surface area contributed by atoms with Crippen molar-refractivity contribution in [1.29, 1.82) is 0 Å².